The number of carbonyl (C=O) groups excluding carboxylic acids is 3. The van der Waals surface area contributed by atoms with Crippen molar-refractivity contribution in [3.05, 3.63) is 83.4 Å². The molecule has 0 spiro atoms. The largest absolute Gasteiger partial charge is 0.332 e. The second-order valence-corrected chi connectivity index (χ2v) is 6.95. The molecule has 0 saturated carbocycles. The first-order valence-electron chi connectivity index (χ1n) is 9.44. The Hall–Kier alpha value is -3.21. The van der Waals surface area contributed by atoms with Gasteiger partial charge in [-0.1, -0.05) is 43.3 Å². The standard InChI is InChI=1S/C23H24N2O3/c1-4-13-24-22(27)19-12-11-18(14-20(19)23(24)28)21(26)25(16(3)5-2)15-17-9-7-6-8-10-17/h4,6-12,14,16H,1,5,13,15H2,2-3H3. The fraction of sp³-hybridized carbons (Fsp3) is 0.261. The molecule has 3 rings (SSSR count). The lowest BCUT2D eigenvalue weighted by atomic mass is 10.0. The lowest BCUT2D eigenvalue weighted by molar-refractivity contribution is 0.0664. The molecular weight excluding hydrogens is 352 g/mol. The van der Waals surface area contributed by atoms with E-state index >= 15 is 0 Å². The summed E-state index contributed by atoms with van der Waals surface area (Å²) in [6.45, 7) is 8.27. The fourth-order valence-corrected chi connectivity index (χ4v) is 3.31. The molecule has 5 nitrogen and oxygen atoms in total. The number of imide groups is 1. The van der Waals surface area contributed by atoms with Crippen molar-refractivity contribution >= 4 is 17.7 Å². The van der Waals surface area contributed by atoms with E-state index in [1.807, 2.05) is 44.2 Å². The van der Waals surface area contributed by atoms with Gasteiger partial charge in [-0.15, -0.1) is 6.58 Å². The van der Waals surface area contributed by atoms with Gasteiger partial charge in [0.05, 0.1) is 11.1 Å². The quantitative estimate of drug-likeness (QED) is 0.544. The minimum Gasteiger partial charge on any atom is -0.332 e. The van der Waals surface area contributed by atoms with Crippen LogP contribution in [0.3, 0.4) is 0 Å². The number of hydrogen-bond donors (Lipinski definition) is 0. The Labute approximate surface area is 165 Å². The topological polar surface area (TPSA) is 57.7 Å². The Kier molecular flexibility index (Phi) is 5.73. The fourth-order valence-electron chi connectivity index (χ4n) is 3.31. The SMILES string of the molecule is C=CCN1C(=O)c2ccc(C(=O)N(Cc3ccccc3)C(C)CC)cc2C1=O. The van der Waals surface area contributed by atoms with E-state index in [9.17, 15) is 14.4 Å². The van der Waals surface area contributed by atoms with Crippen LogP contribution in [0.2, 0.25) is 0 Å². The zero-order valence-electron chi connectivity index (χ0n) is 16.2. The summed E-state index contributed by atoms with van der Waals surface area (Å²) in [6.07, 6.45) is 2.33. The maximum absolute atomic E-state index is 13.2. The lowest BCUT2D eigenvalue weighted by Crippen LogP contribution is -2.37. The van der Waals surface area contributed by atoms with E-state index in [2.05, 4.69) is 6.58 Å². The van der Waals surface area contributed by atoms with E-state index in [4.69, 9.17) is 0 Å². The van der Waals surface area contributed by atoms with Crippen LogP contribution in [0.5, 0.6) is 0 Å². The number of nitrogens with zero attached hydrogens (tertiary/aromatic N) is 2. The average Bonchev–Trinajstić information content (AvgIpc) is 2.96. The summed E-state index contributed by atoms with van der Waals surface area (Å²) in [6, 6.07) is 14.6. The molecule has 0 aromatic heterocycles. The summed E-state index contributed by atoms with van der Waals surface area (Å²) in [5.41, 5.74) is 2.07. The van der Waals surface area contributed by atoms with Crippen LogP contribution in [0.25, 0.3) is 0 Å². The molecule has 1 atom stereocenters. The smallest absolute Gasteiger partial charge is 0.261 e. The lowest BCUT2D eigenvalue weighted by Gasteiger charge is -2.29. The molecule has 0 N–H and O–H groups in total. The Balaban J connectivity index is 1.92. The van der Waals surface area contributed by atoms with Crippen LogP contribution in [0.1, 0.15) is 56.9 Å². The summed E-state index contributed by atoms with van der Waals surface area (Å²) in [7, 11) is 0. The van der Waals surface area contributed by atoms with Crippen LogP contribution in [0.15, 0.2) is 61.2 Å². The van der Waals surface area contributed by atoms with Crippen molar-refractivity contribution in [3.63, 3.8) is 0 Å². The van der Waals surface area contributed by atoms with Crippen LogP contribution in [0.4, 0.5) is 0 Å². The van der Waals surface area contributed by atoms with Gasteiger partial charge in [0, 0.05) is 24.7 Å². The van der Waals surface area contributed by atoms with Crippen molar-refractivity contribution in [3.8, 4) is 0 Å². The first kappa shape index (κ1) is 19.5. The van der Waals surface area contributed by atoms with Crippen molar-refractivity contribution in [1.29, 1.82) is 0 Å². The average molecular weight is 376 g/mol. The number of rotatable bonds is 7. The molecule has 0 bridgehead atoms. The van der Waals surface area contributed by atoms with Crippen LogP contribution in [-0.2, 0) is 6.54 Å². The molecule has 144 valence electrons. The molecule has 1 unspecified atom stereocenters. The number of benzene rings is 2. The highest BCUT2D eigenvalue weighted by Crippen LogP contribution is 2.25. The van der Waals surface area contributed by atoms with Gasteiger partial charge in [0.25, 0.3) is 17.7 Å². The first-order chi connectivity index (χ1) is 13.5. The predicted octanol–water partition coefficient (Wildman–Crippen LogP) is 3.91. The van der Waals surface area contributed by atoms with Gasteiger partial charge in [-0.05, 0) is 37.1 Å². The van der Waals surface area contributed by atoms with Crippen LogP contribution < -0.4 is 0 Å². The van der Waals surface area contributed by atoms with Gasteiger partial charge in [0.2, 0.25) is 0 Å². The Morgan fingerprint density at radius 1 is 1.11 bits per heavy atom. The van der Waals surface area contributed by atoms with E-state index in [0.717, 1.165) is 16.9 Å². The molecule has 0 aliphatic carbocycles. The first-order valence-corrected chi connectivity index (χ1v) is 9.44. The van der Waals surface area contributed by atoms with E-state index in [1.54, 1.807) is 23.1 Å². The third-order valence-electron chi connectivity index (χ3n) is 5.11. The van der Waals surface area contributed by atoms with Crippen molar-refractivity contribution in [1.82, 2.24) is 9.80 Å². The van der Waals surface area contributed by atoms with Crippen molar-refractivity contribution in [2.24, 2.45) is 0 Å². The molecule has 0 saturated heterocycles. The molecular formula is C23H24N2O3. The van der Waals surface area contributed by atoms with Crippen LogP contribution in [0, 0.1) is 0 Å². The second kappa shape index (κ2) is 8.21. The van der Waals surface area contributed by atoms with Crippen LogP contribution >= 0.6 is 0 Å². The molecule has 1 aliphatic rings. The van der Waals surface area contributed by atoms with E-state index in [1.165, 1.54) is 6.08 Å². The molecule has 5 heteroatoms. The summed E-state index contributed by atoms with van der Waals surface area (Å²) >= 11 is 0. The molecule has 3 amide bonds. The molecule has 2 aromatic rings. The van der Waals surface area contributed by atoms with Gasteiger partial charge in [0.15, 0.2) is 0 Å². The highest BCUT2D eigenvalue weighted by molar-refractivity contribution is 6.22. The summed E-state index contributed by atoms with van der Waals surface area (Å²) in [5.74, 6) is -0.877. The zero-order valence-corrected chi connectivity index (χ0v) is 16.2. The monoisotopic (exact) mass is 376 g/mol. The zero-order chi connectivity index (χ0) is 20.3. The summed E-state index contributed by atoms with van der Waals surface area (Å²) < 4.78 is 0. The van der Waals surface area contributed by atoms with Gasteiger partial charge in [-0.25, -0.2) is 0 Å². The molecule has 1 heterocycles. The highest BCUT2D eigenvalue weighted by Gasteiger charge is 2.35. The third-order valence-corrected chi connectivity index (χ3v) is 5.11. The Bertz CT molecular complexity index is 921. The minimum absolute atomic E-state index is 0.0376. The summed E-state index contributed by atoms with van der Waals surface area (Å²) in [4.78, 5) is 41.1. The molecule has 28 heavy (non-hydrogen) atoms. The maximum Gasteiger partial charge on any atom is 0.261 e. The minimum atomic E-state index is -0.382. The van der Waals surface area contributed by atoms with Crippen molar-refractivity contribution in [2.45, 2.75) is 32.9 Å². The molecule has 0 radical (unpaired) electrons. The Morgan fingerprint density at radius 2 is 1.79 bits per heavy atom. The normalized spacial score (nSPS) is 14.0. The predicted molar refractivity (Wildman–Crippen MR) is 108 cm³/mol. The van der Waals surface area contributed by atoms with Gasteiger partial charge in [-0.2, -0.15) is 0 Å². The molecule has 1 aliphatic heterocycles. The van der Waals surface area contributed by atoms with Gasteiger partial charge >= 0.3 is 0 Å². The molecule has 2 aromatic carbocycles. The number of carbonyl (C=O) groups is 3. The Morgan fingerprint density at radius 3 is 2.43 bits per heavy atom. The van der Waals surface area contributed by atoms with Gasteiger partial charge in [0.1, 0.15) is 0 Å². The van der Waals surface area contributed by atoms with Crippen molar-refractivity contribution < 1.29 is 14.4 Å². The highest BCUT2D eigenvalue weighted by atomic mass is 16.2. The van der Waals surface area contributed by atoms with Gasteiger partial charge < -0.3 is 4.90 Å². The molecule has 0 fully saturated rings. The van der Waals surface area contributed by atoms with Crippen LogP contribution in [-0.4, -0.2) is 40.1 Å². The summed E-state index contributed by atoms with van der Waals surface area (Å²) in [5, 5.41) is 0. The van der Waals surface area contributed by atoms with E-state index in [-0.39, 0.29) is 35.9 Å². The maximum atomic E-state index is 13.2. The van der Waals surface area contributed by atoms with E-state index in [0.29, 0.717) is 17.7 Å². The van der Waals surface area contributed by atoms with Crippen molar-refractivity contribution in [2.75, 3.05) is 6.54 Å². The number of hydrogen-bond acceptors (Lipinski definition) is 3. The number of amides is 3. The number of fused-ring (bicyclic) bond motifs is 1. The third kappa shape index (κ3) is 3.60. The van der Waals surface area contributed by atoms with E-state index < -0.39 is 0 Å². The second-order valence-electron chi connectivity index (χ2n) is 6.95. The van der Waals surface area contributed by atoms with Gasteiger partial charge in [-0.3, -0.25) is 19.3 Å².